The average molecular weight is 362 g/mol. The normalized spacial score (nSPS) is 10.0. The van der Waals surface area contributed by atoms with Gasteiger partial charge in [-0.25, -0.2) is 9.10 Å². The van der Waals surface area contributed by atoms with E-state index in [1.807, 2.05) is 0 Å². The van der Waals surface area contributed by atoms with Gasteiger partial charge in [0, 0.05) is 5.56 Å². The molecule has 8 nitrogen and oxygen atoms in total. The van der Waals surface area contributed by atoms with Gasteiger partial charge in [-0.05, 0) is 26.0 Å². The summed E-state index contributed by atoms with van der Waals surface area (Å²) in [5, 5.41) is 2.51. The number of anilines is 1. The lowest BCUT2D eigenvalue weighted by Crippen LogP contribution is -2.33. The largest absolute Gasteiger partial charge is 0.476 e. The number of rotatable bonds is 6. The van der Waals surface area contributed by atoms with Gasteiger partial charge in [-0.15, -0.1) is 0 Å². The number of hydrogen-bond donors (Lipinski definition) is 2. The lowest BCUT2D eigenvalue weighted by Gasteiger charge is -2.17. The molecule has 2 aromatic rings. The smallest absolute Gasteiger partial charge is 0.339 e. The molecule has 1 aromatic heterocycles. The van der Waals surface area contributed by atoms with E-state index < -0.39 is 11.9 Å². The SMILES string of the molecule is CCOc1ncnc(OCC)c1NC(=O)N(S)C(=O)c1ccccc1. The third-order valence-corrected chi connectivity index (χ3v) is 3.34. The van der Waals surface area contributed by atoms with Gasteiger partial charge in [0.2, 0.25) is 11.8 Å². The van der Waals surface area contributed by atoms with Crippen LogP contribution in [0.3, 0.4) is 0 Å². The maximum atomic E-state index is 12.4. The highest BCUT2D eigenvalue weighted by molar-refractivity contribution is 7.79. The van der Waals surface area contributed by atoms with E-state index in [9.17, 15) is 9.59 Å². The summed E-state index contributed by atoms with van der Waals surface area (Å²) in [5.74, 6) is -0.291. The van der Waals surface area contributed by atoms with E-state index in [0.29, 0.717) is 23.1 Å². The van der Waals surface area contributed by atoms with Crippen LogP contribution in [0.1, 0.15) is 24.2 Å². The quantitative estimate of drug-likeness (QED) is 0.768. The molecule has 0 radical (unpaired) electrons. The van der Waals surface area contributed by atoms with Crippen LogP contribution in [-0.4, -0.2) is 39.4 Å². The number of imide groups is 1. The van der Waals surface area contributed by atoms with E-state index in [-0.39, 0.29) is 17.4 Å². The van der Waals surface area contributed by atoms with Crippen molar-refractivity contribution in [3.8, 4) is 11.8 Å². The first-order valence-electron chi connectivity index (χ1n) is 7.58. The molecule has 2 rings (SSSR count). The van der Waals surface area contributed by atoms with Crippen molar-refractivity contribution in [1.29, 1.82) is 0 Å². The predicted octanol–water partition coefficient (Wildman–Crippen LogP) is 2.79. The maximum Gasteiger partial charge on any atom is 0.339 e. The Morgan fingerprint density at radius 2 is 1.64 bits per heavy atom. The second kappa shape index (κ2) is 8.88. The summed E-state index contributed by atoms with van der Waals surface area (Å²) >= 11 is 3.98. The van der Waals surface area contributed by atoms with Crippen molar-refractivity contribution >= 4 is 30.4 Å². The lowest BCUT2D eigenvalue weighted by molar-refractivity contribution is 0.0901. The Labute approximate surface area is 150 Å². The average Bonchev–Trinajstić information content (AvgIpc) is 2.64. The number of ether oxygens (including phenoxy) is 2. The molecule has 25 heavy (non-hydrogen) atoms. The molecule has 0 spiro atoms. The second-order valence-corrected chi connectivity index (χ2v) is 5.04. The van der Waals surface area contributed by atoms with Crippen LogP contribution in [0.2, 0.25) is 0 Å². The van der Waals surface area contributed by atoms with E-state index in [2.05, 4.69) is 28.1 Å². The molecule has 0 saturated heterocycles. The fourth-order valence-corrected chi connectivity index (χ4v) is 2.07. The molecule has 0 fully saturated rings. The van der Waals surface area contributed by atoms with Crippen LogP contribution in [-0.2, 0) is 0 Å². The molecule has 132 valence electrons. The Bertz CT molecular complexity index is 718. The number of nitrogens with one attached hydrogen (secondary N) is 1. The fraction of sp³-hybridized carbons (Fsp3) is 0.250. The van der Waals surface area contributed by atoms with Gasteiger partial charge < -0.3 is 9.47 Å². The first-order valence-corrected chi connectivity index (χ1v) is 7.98. The summed E-state index contributed by atoms with van der Waals surface area (Å²) in [4.78, 5) is 32.6. The molecule has 0 saturated carbocycles. The molecule has 0 atom stereocenters. The monoisotopic (exact) mass is 362 g/mol. The van der Waals surface area contributed by atoms with Crippen LogP contribution >= 0.6 is 12.8 Å². The van der Waals surface area contributed by atoms with Crippen molar-refractivity contribution < 1.29 is 19.1 Å². The van der Waals surface area contributed by atoms with E-state index in [4.69, 9.17) is 9.47 Å². The van der Waals surface area contributed by atoms with Crippen molar-refractivity contribution in [3.63, 3.8) is 0 Å². The lowest BCUT2D eigenvalue weighted by atomic mass is 10.2. The Morgan fingerprint density at radius 3 is 2.16 bits per heavy atom. The van der Waals surface area contributed by atoms with E-state index in [1.54, 1.807) is 44.2 Å². The van der Waals surface area contributed by atoms with Crippen molar-refractivity contribution in [2.24, 2.45) is 0 Å². The molecular formula is C16H18N4O4S. The van der Waals surface area contributed by atoms with Gasteiger partial charge in [0.1, 0.15) is 6.33 Å². The van der Waals surface area contributed by atoms with Crippen molar-refractivity contribution in [2.75, 3.05) is 18.5 Å². The van der Waals surface area contributed by atoms with Gasteiger partial charge in [-0.2, -0.15) is 9.97 Å². The van der Waals surface area contributed by atoms with Crippen LogP contribution in [0.5, 0.6) is 11.8 Å². The van der Waals surface area contributed by atoms with Crippen molar-refractivity contribution in [2.45, 2.75) is 13.8 Å². The Balaban J connectivity index is 2.23. The molecule has 1 heterocycles. The summed E-state index contributed by atoms with van der Waals surface area (Å²) in [6.07, 6.45) is 1.26. The Kier molecular flexibility index (Phi) is 6.58. The van der Waals surface area contributed by atoms with Gasteiger partial charge in [0.15, 0.2) is 5.69 Å². The van der Waals surface area contributed by atoms with Gasteiger partial charge in [0.05, 0.1) is 13.2 Å². The maximum absolute atomic E-state index is 12.4. The number of hydrogen-bond acceptors (Lipinski definition) is 7. The summed E-state index contributed by atoms with van der Waals surface area (Å²) in [7, 11) is 0. The van der Waals surface area contributed by atoms with Gasteiger partial charge in [-0.1, -0.05) is 31.0 Å². The number of amides is 3. The number of thiol groups is 1. The minimum atomic E-state index is -0.783. The number of urea groups is 1. The molecule has 0 aliphatic rings. The predicted molar refractivity (Wildman–Crippen MR) is 95.0 cm³/mol. The number of benzene rings is 1. The standard InChI is InChI=1S/C16H18N4O4S/c1-3-23-13-12(14(24-4-2)18-10-17-13)19-16(22)20(25)15(21)11-8-6-5-7-9-11/h5-10,25H,3-4H2,1-2H3,(H,19,22). The third kappa shape index (κ3) is 4.60. The molecule has 0 unspecified atom stereocenters. The number of aromatic nitrogens is 2. The van der Waals surface area contributed by atoms with E-state index in [0.717, 1.165) is 0 Å². The van der Waals surface area contributed by atoms with Crippen LogP contribution in [0.15, 0.2) is 36.7 Å². The van der Waals surface area contributed by atoms with Crippen molar-refractivity contribution in [3.05, 3.63) is 42.2 Å². The minimum Gasteiger partial charge on any atom is -0.476 e. The van der Waals surface area contributed by atoms with Gasteiger partial charge >= 0.3 is 6.03 Å². The highest BCUT2D eigenvalue weighted by Gasteiger charge is 2.23. The molecule has 0 aliphatic heterocycles. The number of nitrogens with zero attached hydrogens (tertiary/aromatic N) is 3. The van der Waals surface area contributed by atoms with Gasteiger partial charge in [0.25, 0.3) is 5.91 Å². The van der Waals surface area contributed by atoms with Gasteiger partial charge in [-0.3, -0.25) is 10.1 Å². The molecular weight excluding hydrogens is 344 g/mol. The van der Waals surface area contributed by atoms with Crippen LogP contribution < -0.4 is 14.8 Å². The zero-order chi connectivity index (χ0) is 18.2. The van der Waals surface area contributed by atoms with E-state index >= 15 is 0 Å². The minimum absolute atomic E-state index is 0.135. The second-order valence-electron chi connectivity index (χ2n) is 4.64. The highest BCUT2D eigenvalue weighted by atomic mass is 32.1. The summed E-state index contributed by atoms with van der Waals surface area (Å²) in [6.45, 7) is 4.22. The van der Waals surface area contributed by atoms with Crippen LogP contribution in [0.4, 0.5) is 10.5 Å². The third-order valence-electron chi connectivity index (χ3n) is 2.98. The first-order chi connectivity index (χ1) is 12.1. The Morgan fingerprint density at radius 1 is 1.08 bits per heavy atom. The zero-order valence-electron chi connectivity index (χ0n) is 13.8. The first kappa shape index (κ1) is 18.5. The summed E-state index contributed by atoms with van der Waals surface area (Å²) in [6, 6.07) is 7.54. The fourth-order valence-electron chi connectivity index (χ4n) is 1.91. The van der Waals surface area contributed by atoms with Crippen LogP contribution in [0.25, 0.3) is 0 Å². The van der Waals surface area contributed by atoms with E-state index in [1.165, 1.54) is 6.33 Å². The summed E-state index contributed by atoms with van der Waals surface area (Å²) < 4.78 is 11.4. The Hall–Kier alpha value is -2.81. The molecule has 0 bridgehead atoms. The molecule has 3 amide bonds. The highest BCUT2D eigenvalue weighted by Crippen LogP contribution is 2.31. The molecule has 0 aliphatic carbocycles. The summed E-state index contributed by atoms with van der Waals surface area (Å²) in [5.41, 5.74) is 0.461. The number of carbonyl (C=O) groups excluding carboxylic acids is 2. The molecule has 1 N–H and O–H groups in total. The molecule has 1 aromatic carbocycles. The number of carbonyl (C=O) groups is 2. The van der Waals surface area contributed by atoms with Crippen molar-refractivity contribution in [1.82, 2.24) is 14.3 Å². The zero-order valence-corrected chi connectivity index (χ0v) is 14.7. The molecule has 9 heteroatoms. The topological polar surface area (TPSA) is 93.7 Å². The van der Waals surface area contributed by atoms with Crippen LogP contribution in [0, 0.1) is 0 Å².